The van der Waals surface area contributed by atoms with Crippen LogP contribution in [0.1, 0.15) is 36.0 Å². The third-order valence-corrected chi connectivity index (χ3v) is 4.86. The molecule has 1 saturated carbocycles. The number of nitrogens with zero attached hydrogens (tertiary/aromatic N) is 3. The van der Waals surface area contributed by atoms with Gasteiger partial charge in [0.1, 0.15) is 6.10 Å². The fourth-order valence-electron chi connectivity index (χ4n) is 3.44. The Balaban J connectivity index is 1.45. The molecule has 0 N–H and O–H groups in total. The molecule has 4 rings (SSSR count). The first kappa shape index (κ1) is 14.1. The van der Waals surface area contributed by atoms with Crippen molar-refractivity contribution in [2.45, 2.75) is 43.9 Å². The molecule has 6 heteroatoms. The summed E-state index contributed by atoms with van der Waals surface area (Å²) >= 11 is 0. The van der Waals surface area contributed by atoms with Gasteiger partial charge in [-0.1, -0.05) is 0 Å². The quantitative estimate of drug-likeness (QED) is 0.838. The van der Waals surface area contributed by atoms with E-state index >= 15 is 0 Å². The molecule has 1 aromatic heterocycles. The van der Waals surface area contributed by atoms with Crippen LogP contribution in [0.3, 0.4) is 0 Å². The highest BCUT2D eigenvalue weighted by Gasteiger charge is 2.45. The first-order valence-corrected chi connectivity index (χ1v) is 8.14. The number of hydrogen-bond acceptors (Lipinski definition) is 5. The summed E-state index contributed by atoms with van der Waals surface area (Å²) in [4.78, 5) is 14.6. The number of carbonyl (C=O) groups is 1. The second-order valence-corrected chi connectivity index (χ2v) is 6.42. The van der Waals surface area contributed by atoms with Crippen LogP contribution >= 0.6 is 0 Å². The molecule has 3 heterocycles. The van der Waals surface area contributed by atoms with Crippen LogP contribution in [0.4, 0.5) is 0 Å². The number of rotatable bonds is 4. The van der Waals surface area contributed by atoms with E-state index in [0.717, 1.165) is 31.9 Å². The predicted octanol–water partition coefficient (Wildman–Crippen LogP) is 1.28. The summed E-state index contributed by atoms with van der Waals surface area (Å²) in [6.07, 6.45) is 7.56. The van der Waals surface area contributed by atoms with Crippen LogP contribution in [0, 0.1) is 5.92 Å². The molecule has 2 saturated heterocycles. The van der Waals surface area contributed by atoms with Gasteiger partial charge in [-0.25, -0.2) is 0 Å². The Morgan fingerprint density at radius 3 is 3.00 bits per heavy atom. The van der Waals surface area contributed by atoms with Gasteiger partial charge in [0.15, 0.2) is 0 Å². The first-order chi connectivity index (χ1) is 10.8. The van der Waals surface area contributed by atoms with Crippen LogP contribution in [-0.2, 0) is 9.47 Å². The van der Waals surface area contributed by atoms with Gasteiger partial charge in [0.05, 0.1) is 30.1 Å². The van der Waals surface area contributed by atoms with E-state index in [1.807, 2.05) is 4.90 Å². The summed E-state index contributed by atoms with van der Waals surface area (Å²) in [6, 6.07) is 1.84. The Kier molecular flexibility index (Phi) is 3.80. The zero-order valence-corrected chi connectivity index (χ0v) is 12.6. The maximum atomic E-state index is 12.7. The second kappa shape index (κ2) is 5.93. The molecule has 3 aliphatic rings. The number of piperidine rings is 1. The molecule has 3 fully saturated rings. The first-order valence-electron chi connectivity index (χ1n) is 8.14. The summed E-state index contributed by atoms with van der Waals surface area (Å²) in [5.74, 6) is 0.776. The van der Waals surface area contributed by atoms with E-state index in [2.05, 4.69) is 10.2 Å². The highest BCUT2D eigenvalue weighted by atomic mass is 16.5. The van der Waals surface area contributed by atoms with E-state index < -0.39 is 0 Å². The van der Waals surface area contributed by atoms with Crippen LogP contribution in [0.5, 0.6) is 0 Å². The van der Waals surface area contributed by atoms with Gasteiger partial charge in [-0.3, -0.25) is 4.79 Å². The molecule has 0 radical (unpaired) electrons. The minimum Gasteiger partial charge on any atom is -0.375 e. The zero-order valence-electron chi connectivity index (χ0n) is 12.6. The van der Waals surface area contributed by atoms with Gasteiger partial charge in [0.25, 0.3) is 5.91 Å². The third-order valence-electron chi connectivity index (χ3n) is 4.86. The Morgan fingerprint density at radius 2 is 2.23 bits per heavy atom. The number of aromatic nitrogens is 2. The lowest BCUT2D eigenvalue weighted by Gasteiger charge is -2.41. The molecule has 2 aliphatic heterocycles. The lowest BCUT2D eigenvalue weighted by Crippen LogP contribution is -2.55. The van der Waals surface area contributed by atoms with Crippen molar-refractivity contribution in [2.75, 3.05) is 19.8 Å². The Hall–Kier alpha value is -1.53. The monoisotopic (exact) mass is 303 g/mol. The average Bonchev–Trinajstić information content (AvgIpc) is 3.26. The molecular formula is C16H21N3O3. The number of carbonyl (C=O) groups excluding carboxylic acids is 1. The number of hydrogen-bond donors (Lipinski definition) is 0. The highest BCUT2D eigenvalue weighted by molar-refractivity contribution is 5.94. The highest BCUT2D eigenvalue weighted by Crippen LogP contribution is 2.34. The molecule has 22 heavy (non-hydrogen) atoms. The van der Waals surface area contributed by atoms with Crippen molar-refractivity contribution >= 4 is 5.91 Å². The molecule has 0 spiro atoms. The third kappa shape index (κ3) is 2.73. The Labute approximate surface area is 129 Å². The van der Waals surface area contributed by atoms with Gasteiger partial charge in [-0.05, 0) is 37.7 Å². The minimum absolute atomic E-state index is 0.0197. The van der Waals surface area contributed by atoms with Crippen molar-refractivity contribution < 1.29 is 14.3 Å². The summed E-state index contributed by atoms with van der Waals surface area (Å²) in [7, 11) is 0. The van der Waals surface area contributed by atoms with Gasteiger partial charge < -0.3 is 14.4 Å². The van der Waals surface area contributed by atoms with Crippen molar-refractivity contribution in [1.29, 1.82) is 0 Å². The van der Waals surface area contributed by atoms with E-state index in [4.69, 9.17) is 9.47 Å². The van der Waals surface area contributed by atoms with Crippen molar-refractivity contribution in [3.05, 3.63) is 24.0 Å². The van der Waals surface area contributed by atoms with E-state index in [-0.39, 0.29) is 24.2 Å². The zero-order chi connectivity index (χ0) is 14.9. The Bertz CT molecular complexity index is 535. The van der Waals surface area contributed by atoms with Gasteiger partial charge in [-0.15, -0.1) is 0 Å². The molecule has 0 bridgehead atoms. The number of ether oxygens (including phenoxy) is 2. The molecule has 3 atom stereocenters. The molecule has 0 aromatic carbocycles. The lowest BCUT2D eigenvalue weighted by molar-refractivity contribution is -0.0936. The maximum Gasteiger partial charge on any atom is 0.255 e. The molecule has 0 unspecified atom stereocenters. The molecule has 1 aromatic rings. The van der Waals surface area contributed by atoms with Crippen molar-refractivity contribution in [2.24, 2.45) is 5.92 Å². The van der Waals surface area contributed by atoms with E-state index in [1.54, 1.807) is 12.3 Å². The average molecular weight is 303 g/mol. The van der Waals surface area contributed by atoms with Crippen molar-refractivity contribution in [3.8, 4) is 0 Å². The number of amides is 1. The van der Waals surface area contributed by atoms with Gasteiger partial charge in [0.2, 0.25) is 0 Å². The van der Waals surface area contributed by atoms with Crippen LogP contribution < -0.4 is 0 Å². The Morgan fingerprint density at radius 1 is 1.32 bits per heavy atom. The van der Waals surface area contributed by atoms with Crippen LogP contribution in [0.25, 0.3) is 0 Å². The lowest BCUT2D eigenvalue weighted by atomic mass is 9.95. The fraction of sp³-hybridized carbons (Fsp3) is 0.688. The van der Waals surface area contributed by atoms with E-state index in [1.165, 1.54) is 19.0 Å². The summed E-state index contributed by atoms with van der Waals surface area (Å²) in [6.45, 7) is 2.28. The summed E-state index contributed by atoms with van der Waals surface area (Å²) < 4.78 is 12.0. The van der Waals surface area contributed by atoms with E-state index in [0.29, 0.717) is 12.2 Å². The van der Waals surface area contributed by atoms with Gasteiger partial charge in [-0.2, -0.15) is 10.2 Å². The normalized spacial score (nSPS) is 31.1. The topological polar surface area (TPSA) is 64.6 Å². The molecular weight excluding hydrogens is 282 g/mol. The summed E-state index contributed by atoms with van der Waals surface area (Å²) in [5, 5.41) is 7.54. The standard InChI is InChI=1S/C16H21N3O3/c20-16(12-3-6-17-18-9-12)19-7-4-14(22-10-11-1-2-11)15-13(19)5-8-21-15/h3,6,9,11,13-15H,1-2,4-5,7-8,10H2/t13-,14+,15-/m0/s1. The van der Waals surface area contributed by atoms with Crippen molar-refractivity contribution in [3.63, 3.8) is 0 Å². The van der Waals surface area contributed by atoms with Gasteiger partial charge in [0, 0.05) is 19.8 Å². The SMILES string of the molecule is O=C(c1ccnnc1)N1CC[C@@H](OCC2CC2)[C@H]2OCC[C@@H]21. The molecule has 118 valence electrons. The smallest absolute Gasteiger partial charge is 0.255 e. The van der Waals surface area contributed by atoms with E-state index in [9.17, 15) is 4.79 Å². The van der Waals surface area contributed by atoms with Crippen LogP contribution in [0.2, 0.25) is 0 Å². The maximum absolute atomic E-state index is 12.7. The van der Waals surface area contributed by atoms with Crippen molar-refractivity contribution in [1.82, 2.24) is 15.1 Å². The molecule has 6 nitrogen and oxygen atoms in total. The second-order valence-electron chi connectivity index (χ2n) is 6.42. The largest absolute Gasteiger partial charge is 0.375 e. The predicted molar refractivity (Wildman–Crippen MR) is 78.3 cm³/mol. The van der Waals surface area contributed by atoms with Crippen LogP contribution in [-0.4, -0.2) is 59.0 Å². The number of fused-ring (bicyclic) bond motifs is 1. The van der Waals surface area contributed by atoms with Gasteiger partial charge >= 0.3 is 0 Å². The number of likely N-dealkylation sites (tertiary alicyclic amines) is 1. The molecule has 1 amide bonds. The summed E-state index contributed by atoms with van der Waals surface area (Å²) in [5.41, 5.74) is 0.595. The van der Waals surface area contributed by atoms with Crippen LogP contribution in [0.15, 0.2) is 18.5 Å². The fourth-order valence-corrected chi connectivity index (χ4v) is 3.44. The minimum atomic E-state index is 0.0197. The molecule has 1 aliphatic carbocycles.